The summed E-state index contributed by atoms with van der Waals surface area (Å²) in [4.78, 5) is 4.23. The fourth-order valence-corrected chi connectivity index (χ4v) is 2.27. The van der Waals surface area contributed by atoms with E-state index in [1.54, 1.807) is 6.20 Å². The number of ether oxygens (including phenoxy) is 1. The van der Waals surface area contributed by atoms with Crippen LogP contribution in [0.4, 0.5) is 0 Å². The molecule has 16 heavy (non-hydrogen) atoms. The molecule has 2 rings (SSSR count). The Bertz CT molecular complexity index is 304. The van der Waals surface area contributed by atoms with Gasteiger partial charge in [0.1, 0.15) is 5.75 Å². The van der Waals surface area contributed by atoms with Gasteiger partial charge in [0.15, 0.2) is 0 Å². The molecular weight excluding hydrogens is 222 g/mol. The lowest BCUT2D eigenvalue weighted by Gasteiger charge is -2.16. The maximum absolute atomic E-state index is 5.93. The highest BCUT2D eigenvalue weighted by Crippen LogP contribution is 2.22. The minimum absolute atomic E-state index is 0.381. The Balaban J connectivity index is 1.91. The second-order valence-corrected chi connectivity index (χ2v) is 4.62. The number of hydrogen-bond acceptors (Lipinski definition) is 2. The first-order valence-electron chi connectivity index (χ1n) is 6.06. The summed E-state index contributed by atoms with van der Waals surface area (Å²) < 4.78 is 5.93. The van der Waals surface area contributed by atoms with Crippen molar-refractivity contribution in [2.75, 3.05) is 0 Å². The molecule has 1 saturated carbocycles. The fraction of sp³-hybridized carbons (Fsp3) is 0.615. The van der Waals surface area contributed by atoms with Crippen molar-refractivity contribution in [3.05, 3.63) is 24.0 Å². The van der Waals surface area contributed by atoms with Crippen molar-refractivity contribution in [1.82, 2.24) is 4.98 Å². The molecule has 0 saturated heterocycles. The van der Waals surface area contributed by atoms with Crippen LogP contribution in [0.5, 0.6) is 5.75 Å². The van der Waals surface area contributed by atoms with Crippen LogP contribution in [-0.4, -0.2) is 11.1 Å². The Hall–Kier alpha value is -0.760. The molecule has 1 aliphatic rings. The first-order valence-corrected chi connectivity index (χ1v) is 6.59. The highest BCUT2D eigenvalue weighted by Gasteiger charge is 2.13. The molecule has 0 atom stereocenters. The van der Waals surface area contributed by atoms with Gasteiger partial charge in [-0.05, 0) is 37.8 Å². The molecule has 1 aromatic rings. The van der Waals surface area contributed by atoms with Gasteiger partial charge in [-0.2, -0.15) is 0 Å². The summed E-state index contributed by atoms with van der Waals surface area (Å²) in [6, 6.07) is 3.90. The quantitative estimate of drug-likeness (QED) is 0.589. The molecule has 3 heteroatoms. The third-order valence-electron chi connectivity index (χ3n) is 3.04. The molecule has 0 amide bonds. The molecule has 0 aliphatic heterocycles. The topological polar surface area (TPSA) is 22.1 Å². The summed E-state index contributed by atoms with van der Waals surface area (Å²) in [5.41, 5.74) is 0.898. The van der Waals surface area contributed by atoms with Crippen LogP contribution in [0.1, 0.15) is 44.2 Å². The van der Waals surface area contributed by atoms with Gasteiger partial charge in [0, 0.05) is 0 Å². The number of nitrogens with zero attached hydrogens (tertiary/aromatic N) is 1. The van der Waals surface area contributed by atoms with Gasteiger partial charge in [-0.15, -0.1) is 11.6 Å². The van der Waals surface area contributed by atoms with Crippen molar-refractivity contribution >= 4 is 11.6 Å². The second-order valence-electron chi connectivity index (χ2n) is 4.35. The molecule has 1 aromatic heterocycles. The Labute approximate surface area is 102 Å². The maximum Gasteiger partial charge on any atom is 0.138 e. The van der Waals surface area contributed by atoms with Crippen LogP contribution in [0.25, 0.3) is 0 Å². The predicted octanol–water partition coefficient (Wildman–Crippen LogP) is 3.92. The highest BCUT2D eigenvalue weighted by atomic mass is 35.5. The number of hydrogen-bond donors (Lipinski definition) is 0. The standard InChI is InChI=1S/C13H18ClNO/c14-9-11-7-8-13(10-15-11)16-12-5-3-1-2-4-6-12/h7-8,10,12H,1-6,9H2. The van der Waals surface area contributed by atoms with Crippen molar-refractivity contribution in [3.8, 4) is 5.75 Å². The summed E-state index contributed by atoms with van der Waals surface area (Å²) in [6.07, 6.45) is 9.80. The number of alkyl halides is 1. The molecule has 0 unspecified atom stereocenters. The fourth-order valence-electron chi connectivity index (χ4n) is 2.11. The van der Waals surface area contributed by atoms with Crippen LogP contribution >= 0.6 is 11.6 Å². The van der Waals surface area contributed by atoms with E-state index in [0.717, 1.165) is 11.4 Å². The molecule has 0 radical (unpaired) electrons. The lowest BCUT2D eigenvalue weighted by molar-refractivity contribution is 0.183. The number of pyridine rings is 1. The summed E-state index contributed by atoms with van der Waals surface area (Å²) in [5.74, 6) is 1.34. The zero-order chi connectivity index (χ0) is 11.2. The summed E-state index contributed by atoms with van der Waals surface area (Å²) in [6.45, 7) is 0. The Kier molecular flexibility index (Phi) is 4.46. The van der Waals surface area contributed by atoms with Crippen molar-refractivity contribution in [1.29, 1.82) is 0 Å². The number of rotatable bonds is 3. The van der Waals surface area contributed by atoms with Crippen molar-refractivity contribution in [3.63, 3.8) is 0 Å². The zero-order valence-electron chi connectivity index (χ0n) is 9.49. The van der Waals surface area contributed by atoms with Gasteiger partial charge in [-0.3, -0.25) is 4.98 Å². The highest BCUT2D eigenvalue weighted by molar-refractivity contribution is 6.16. The van der Waals surface area contributed by atoms with Gasteiger partial charge in [-0.25, -0.2) is 0 Å². The van der Waals surface area contributed by atoms with Crippen LogP contribution < -0.4 is 4.74 Å². The van der Waals surface area contributed by atoms with Gasteiger partial charge in [0.05, 0.1) is 23.9 Å². The van der Waals surface area contributed by atoms with Crippen molar-refractivity contribution in [2.24, 2.45) is 0 Å². The summed E-state index contributed by atoms with van der Waals surface area (Å²) in [7, 11) is 0. The minimum Gasteiger partial charge on any atom is -0.489 e. The van der Waals surface area contributed by atoms with Crippen LogP contribution in [-0.2, 0) is 5.88 Å². The summed E-state index contributed by atoms with van der Waals surface area (Å²) >= 11 is 5.69. The Morgan fingerprint density at radius 3 is 2.50 bits per heavy atom. The normalized spacial score (nSPS) is 18.1. The van der Waals surface area contributed by atoms with E-state index in [9.17, 15) is 0 Å². The third kappa shape index (κ3) is 3.38. The van der Waals surface area contributed by atoms with Gasteiger partial charge in [-0.1, -0.05) is 12.8 Å². The molecule has 88 valence electrons. The SMILES string of the molecule is ClCc1ccc(OC2CCCCCC2)cn1. The lowest BCUT2D eigenvalue weighted by atomic mass is 10.1. The molecule has 0 bridgehead atoms. The van der Waals surface area contributed by atoms with E-state index < -0.39 is 0 Å². The third-order valence-corrected chi connectivity index (χ3v) is 3.31. The van der Waals surface area contributed by atoms with Crippen LogP contribution in [0, 0.1) is 0 Å². The molecule has 0 aromatic carbocycles. The number of halogens is 1. The van der Waals surface area contributed by atoms with E-state index in [2.05, 4.69) is 4.98 Å². The van der Waals surface area contributed by atoms with E-state index in [0.29, 0.717) is 12.0 Å². The van der Waals surface area contributed by atoms with Gasteiger partial charge < -0.3 is 4.74 Å². The van der Waals surface area contributed by atoms with Crippen LogP contribution in [0.3, 0.4) is 0 Å². The minimum atomic E-state index is 0.381. The van der Waals surface area contributed by atoms with E-state index in [1.807, 2.05) is 12.1 Å². The molecule has 1 heterocycles. The Morgan fingerprint density at radius 1 is 1.19 bits per heavy atom. The lowest BCUT2D eigenvalue weighted by Crippen LogP contribution is -2.15. The second kappa shape index (κ2) is 6.09. The molecule has 1 aliphatic carbocycles. The van der Waals surface area contributed by atoms with Gasteiger partial charge in [0.2, 0.25) is 0 Å². The Morgan fingerprint density at radius 2 is 1.94 bits per heavy atom. The zero-order valence-corrected chi connectivity index (χ0v) is 10.2. The predicted molar refractivity (Wildman–Crippen MR) is 65.9 cm³/mol. The number of aromatic nitrogens is 1. The van der Waals surface area contributed by atoms with E-state index in [1.165, 1.54) is 38.5 Å². The average molecular weight is 240 g/mol. The molecular formula is C13H18ClNO. The van der Waals surface area contributed by atoms with E-state index >= 15 is 0 Å². The average Bonchev–Trinajstić information content (AvgIpc) is 2.59. The van der Waals surface area contributed by atoms with Crippen LogP contribution in [0.2, 0.25) is 0 Å². The van der Waals surface area contributed by atoms with Crippen molar-refractivity contribution < 1.29 is 4.74 Å². The molecule has 0 spiro atoms. The molecule has 2 nitrogen and oxygen atoms in total. The van der Waals surface area contributed by atoms with Crippen LogP contribution in [0.15, 0.2) is 18.3 Å². The smallest absolute Gasteiger partial charge is 0.138 e. The van der Waals surface area contributed by atoms with Gasteiger partial charge in [0.25, 0.3) is 0 Å². The first-order chi connectivity index (χ1) is 7.88. The first kappa shape index (κ1) is 11.7. The van der Waals surface area contributed by atoms with E-state index in [-0.39, 0.29) is 0 Å². The largest absolute Gasteiger partial charge is 0.489 e. The van der Waals surface area contributed by atoms with Gasteiger partial charge >= 0.3 is 0 Å². The molecule has 0 N–H and O–H groups in total. The summed E-state index contributed by atoms with van der Waals surface area (Å²) in [5, 5.41) is 0. The maximum atomic E-state index is 5.93. The molecule has 1 fully saturated rings. The monoisotopic (exact) mass is 239 g/mol. The van der Waals surface area contributed by atoms with Crippen molar-refractivity contribution in [2.45, 2.75) is 50.5 Å². The van der Waals surface area contributed by atoms with E-state index in [4.69, 9.17) is 16.3 Å².